The van der Waals surface area contributed by atoms with E-state index in [0.717, 1.165) is 6.54 Å². The second-order valence-corrected chi connectivity index (χ2v) is 5.52. The van der Waals surface area contributed by atoms with E-state index >= 15 is 0 Å². The van der Waals surface area contributed by atoms with Crippen LogP contribution in [0, 0.1) is 0 Å². The van der Waals surface area contributed by atoms with Gasteiger partial charge in [-0.05, 0) is 6.54 Å². The number of aromatic nitrogens is 3. The number of rotatable bonds is 7. The van der Waals surface area contributed by atoms with Gasteiger partial charge in [-0.25, -0.2) is 13.1 Å². The first-order chi connectivity index (χ1) is 9.13. The van der Waals surface area contributed by atoms with E-state index in [0.29, 0.717) is 17.8 Å². The number of nitrogens with one attached hydrogen (secondary N) is 3. The normalized spacial score (nSPS) is 11.8. The highest BCUT2D eigenvalue weighted by molar-refractivity contribution is 7.89. The van der Waals surface area contributed by atoms with Crippen LogP contribution in [0.1, 0.15) is 18.2 Å². The third kappa shape index (κ3) is 3.40. The number of hydrogen-bond donors (Lipinski definition) is 3. The van der Waals surface area contributed by atoms with Crippen LogP contribution in [0.15, 0.2) is 28.1 Å². The highest BCUT2D eigenvalue weighted by Gasteiger charge is 2.20. The molecule has 0 aliphatic rings. The molecular formula is C10H15N5O3S. The second kappa shape index (κ2) is 5.95. The van der Waals surface area contributed by atoms with Gasteiger partial charge in [-0.2, -0.15) is 5.10 Å². The summed E-state index contributed by atoms with van der Waals surface area (Å²) in [6, 6.07) is 1.59. The molecule has 2 rings (SSSR count). The lowest BCUT2D eigenvalue weighted by molar-refractivity contribution is 0.411. The molecular weight excluding hydrogens is 270 g/mol. The van der Waals surface area contributed by atoms with Gasteiger partial charge in [0.1, 0.15) is 6.26 Å². The van der Waals surface area contributed by atoms with Gasteiger partial charge in [-0.3, -0.25) is 5.10 Å². The third-order valence-corrected chi connectivity index (χ3v) is 3.86. The average Bonchev–Trinajstić information content (AvgIpc) is 3.05. The van der Waals surface area contributed by atoms with Crippen LogP contribution in [0.2, 0.25) is 0 Å². The first-order valence-electron chi connectivity index (χ1n) is 5.75. The van der Waals surface area contributed by atoms with E-state index < -0.39 is 10.0 Å². The monoisotopic (exact) mass is 285 g/mol. The molecule has 19 heavy (non-hydrogen) atoms. The standard InChI is InChI=1S/C10H15N5O3S/c1-2-11-5-8-6-12-14-10(8)19(16,17)13-7-9-3-4-18-15-9/h3-4,6,11,13H,2,5,7H2,1H3,(H,12,14). The van der Waals surface area contributed by atoms with Crippen molar-refractivity contribution in [2.45, 2.75) is 25.0 Å². The summed E-state index contributed by atoms with van der Waals surface area (Å²) in [7, 11) is -3.64. The van der Waals surface area contributed by atoms with Gasteiger partial charge in [0.05, 0.1) is 18.4 Å². The van der Waals surface area contributed by atoms with Crippen LogP contribution in [0.4, 0.5) is 0 Å². The van der Waals surface area contributed by atoms with Crippen LogP contribution >= 0.6 is 0 Å². The van der Waals surface area contributed by atoms with Crippen molar-refractivity contribution >= 4 is 10.0 Å². The van der Waals surface area contributed by atoms with E-state index in [4.69, 9.17) is 0 Å². The summed E-state index contributed by atoms with van der Waals surface area (Å²) in [5.74, 6) is 0. The predicted molar refractivity (Wildman–Crippen MR) is 66.5 cm³/mol. The van der Waals surface area contributed by atoms with Crippen LogP contribution in [0.3, 0.4) is 0 Å². The molecule has 0 amide bonds. The summed E-state index contributed by atoms with van der Waals surface area (Å²) in [5.41, 5.74) is 1.10. The second-order valence-electron chi connectivity index (χ2n) is 3.82. The van der Waals surface area contributed by atoms with E-state index in [1.165, 1.54) is 12.5 Å². The van der Waals surface area contributed by atoms with E-state index in [1.807, 2.05) is 6.92 Å². The predicted octanol–water partition coefficient (Wildman–Crippen LogP) is -0.0143. The van der Waals surface area contributed by atoms with Crippen molar-refractivity contribution in [3.63, 3.8) is 0 Å². The molecule has 0 saturated carbocycles. The average molecular weight is 285 g/mol. The zero-order chi connectivity index (χ0) is 13.7. The van der Waals surface area contributed by atoms with Crippen LogP contribution in [-0.4, -0.2) is 30.3 Å². The lowest BCUT2D eigenvalue weighted by Gasteiger charge is -2.06. The van der Waals surface area contributed by atoms with Crippen LogP contribution in [0.5, 0.6) is 0 Å². The Bertz CT molecular complexity index is 605. The summed E-state index contributed by atoms with van der Waals surface area (Å²) >= 11 is 0. The Morgan fingerprint density at radius 2 is 2.26 bits per heavy atom. The van der Waals surface area contributed by atoms with E-state index in [9.17, 15) is 8.42 Å². The summed E-state index contributed by atoms with van der Waals surface area (Å²) in [6.45, 7) is 3.19. The molecule has 8 nitrogen and oxygen atoms in total. The van der Waals surface area contributed by atoms with Gasteiger partial charge in [0.15, 0.2) is 5.03 Å². The van der Waals surface area contributed by atoms with Crippen molar-refractivity contribution in [2.24, 2.45) is 0 Å². The minimum absolute atomic E-state index is 0.0666. The van der Waals surface area contributed by atoms with E-state index in [1.54, 1.807) is 6.07 Å². The molecule has 0 radical (unpaired) electrons. The first-order valence-corrected chi connectivity index (χ1v) is 7.23. The zero-order valence-electron chi connectivity index (χ0n) is 10.4. The van der Waals surface area contributed by atoms with Gasteiger partial charge in [0.2, 0.25) is 0 Å². The lowest BCUT2D eigenvalue weighted by atomic mass is 10.3. The molecule has 3 N–H and O–H groups in total. The molecule has 0 aromatic carbocycles. The SMILES string of the molecule is CCNCc1cn[nH]c1S(=O)(=O)NCc1ccon1. The number of nitrogens with zero attached hydrogens (tertiary/aromatic N) is 2. The van der Waals surface area contributed by atoms with E-state index in [-0.39, 0.29) is 11.6 Å². The van der Waals surface area contributed by atoms with Crippen molar-refractivity contribution in [1.29, 1.82) is 0 Å². The van der Waals surface area contributed by atoms with Crippen LogP contribution < -0.4 is 10.0 Å². The zero-order valence-corrected chi connectivity index (χ0v) is 11.2. The van der Waals surface area contributed by atoms with Crippen molar-refractivity contribution in [2.75, 3.05) is 6.54 Å². The molecule has 9 heteroatoms. The smallest absolute Gasteiger partial charge is 0.258 e. The highest BCUT2D eigenvalue weighted by atomic mass is 32.2. The van der Waals surface area contributed by atoms with Crippen LogP contribution in [0.25, 0.3) is 0 Å². The molecule has 0 unspecified atom stereocenters. The fourth-order valence-electron chi connectivity index (χ4n) is 1.49. The van der Waals surface area contributed by atoms with Crippen molar-refractivity contribution in [3.05, 3.63) is 29.8 Å². The Labute approximate surface area is 110 Å². The molecule has 0 aliphatic carbocycles. The molecule has 2 heterocycles. The minimum atomic E-state index is -3.64. The largest absolute Gasteiger partial charge is 0.364 e. The Kier molecular flexibility index (Phi) is 4.30. The molecule has 0 spiro atoms. The molecule has 0 fully saturated rings. The van der Waals surface area contributed by atoms with Gasteiger partial charge < -0.3 is 9.84 Å². The number of sulfonamides is 1. The quantitative estimate of drug-likeness (QED) is 0.659. The van der Waals surface area contributed by atoms with Gasteiger partial charge in [0.25, 0.3) is 10.0 Å². The van der Waals surface area contributed by atoms with Crippen molar-refractivity contribution < 1.29 is 12.9 Å². The third-order valence-electron chi connectivity index (χ3n) is 2.45. The molecule has 104 valence electrons. The van der Waals surface area contributed by atoms with Crippen LogP contribution in [-0.2, 0) is 23.1 Å². The molecule has 0 saturated heterocycles. The Hall–Kier alpha value is -1.71. The Morgan fingerprint density at radius 3 is 2.95 bits per heavy atom. The number of hydrogen-bond acceptors (Lipinski definition) is 6. The lowest BCUT2D eigenvalue weighted by Crippen LogP contribution is -2.25. The number of H-pyrrole nitrogens is 1. The first kappa shape index (κ1) is 13.7. The maximum atomic E-state index is 12.1. The van der Waals surface area contributed by atoms with Crippen molar-refractivity contribution in [3.8, 4) is 0 Å². The Morgan fingerprint density at radius 1 is 1.42 bits per heavy atom. The molecule has 0 atom stereocenters. The summed E-state index contributed by atoms with van der Waals surface area (Å²) in [5, 5.41) is 13.0. The van der Waals surface area contributed by atoms with Gasteiger partial charge in [-0.15, -0.1) is 0 Å². The topological polar surface area (TPSA) is 113 Å². The van der Waals surface area contributed by atoms with Gasteiger partial charge >= 0.3 is 0 Å². The fourth-order valence-corrected chi connectivity index (χ4v) is 2.61. The molecule has 0 aliphatic heterocycles. The minimum Gasteiger partial charge on any atom is -0.364 e. The molecule has 0 bridgehead atoms. The maximum absolute atomic E-state index is 12.1. The highest BCUT2D eigenvalue weighted by Crippen LogP contribution is 2.11. The summed E-state index contributed by atoms with van der Waals surface area (Å²) < 4.78 is 31.3. The van der Waals surface area contributed by atoms with Crippen molar-refractivity contribution in [1.82, 2.24) is 25.4 Å². The molecule has 2 aromatic heterocycles. The van der Waals surface area contributed by atoms with Gasteiger partial charge in [-0.1, -0.05) is 12.1 Å². The Balaban J connectivity index is 2.08. The fraction of sp³-hybridized carbons (Fsp3) is 0.400. The summed E-state index contributed by atoms with van der Waals surface area (Å²) in [4.78, 5) is 0. The number of aromatic amines is 1. The van der Waals surface area contributed by atoms with E-state index in [2.05, 4.69) is 29.9 Å². The summed E-state index contributed by atoms with van der Waals surface area (Å²) in [6.07, 6.45) is 2.88. The van der Waals surface area contributed by atoms with Gasteiger partial charge in [0, 0.05) is 18.2 Å². The molecule has 2 aromatic rings. The maximum Gasteiger partial charge on any atom is 0.258 e.